The number of ether oxygens (including phenoxy) is 1. The van der Waals surface area contributed by atoms with Crippen LogP contribution >= 0.6 is 34.8 Å². The SMILES string of the molecule is CC(NC(=O)COC(=O)CNS(=O)(=O)c1ccc(Cl)c(Cl)c1)c1ccc(Cl)cc1. The second-order valence-corrected chi connectivity index (χ2v) is 8.92. The molecule has 0 bridgehead atoms. The van der Waals surface area contributed by atoms with Crippen molar-refractivity contribution in [2.75, 3.05) is 13.2 Å². The predicted octanol–water partition coefficient (Wildman–Crippen LogP) is 3.35. The minimum absolute atomic E-state index is 0.0589. The highest BCUT2D eigenvalue weighted by Gasteiger charge is 2.18. The van der Waals surface area contributed by atoms with Gasteiger partial charge in [-0.05, 0) is 42.8 Å². The van der Waals surface area contributed by atoms with Gasteiger partial charge >= 0.3 is 5.97 Å². The summed E-state index contributed by atoms with van der Waals surface area (Å²) in [4.78, 5) is 23.5. The lowest BCUT2D eigenvalue weighted by Gasteiger charge is -2.14. The Balaban J connectivity index is 1.80. The number of nitrogens with one attached hydrogen (secondary N) is 2. The molecule has 0 saturated carbocycles. The number of rotatable bonds is 8. The molecule has 1 atom stereocenters. The van der Waals surface area contributed by atoms with E-state index in [1.165, 1.54) is 12.1 Å². The molecule has 2 aromatic carbocycles. The van der Waals surface area contributed by atoms with Gasteiger partial charge in [-0.2, -0.15) is 4.72 Å². The first-order valence-corrected chi connectivity index (χ1v) is 10.9. The van der Waals surface area contributed by atoms with Crippen molar-refractivity contribution in [1.29, 1.82) is 0 Å². The van der Waals surface area contributed by atoms with Crippen LogP contribution in [-0.4, -0.2) is 33.4 Å². The lowest BCUT2D eigenvalue weighted by molar-refractivity contribution is -0.147. The van der Waals surface area contributed by atoms with Gasteiger partial charge in [-0.1, -0.05) is 46.9 Å². The minimum atomic E-state index is -4.00. The Morgan fingerprint density at radius 3 is 2.31 bits per heavy atom. The zero-order valence-corrected chi connectivity index (χ0v) is 18.2. The van der Waals surface area contributed by atoms with Crippen LogP contribution in [0.1, 0.15) is 18.5 Å². The number of hydrogen-bond acceptors (Lipinski definition) is 5. The second kappa shape index (κ2) is 10.3. The van der Waals surface area contributed by atoms with Gasteiger partial charge in [0.05, 0.1) is 21.0 Å². The molecule has 29 heavy (non-hydrogen) atoms. The molecule has 0 spiro atoms. The zero-order valence-electron chi connectivity index (χ0n) is 15.1. The number of carbonyl (C=O) groups excluding carboxylic acids is 2. The van der Waals surface area contributed by atoms with Gasteiger partial charge in [0, 0.05) is 5.02 Å². The molecule has 2 aromatic rings. The largest absolute Gasteiger partial charge is 0.455 e. The molecule has 1 unspecified atom stereocenters. The van der Waals surface area contributed by atoms with Crippen molar-refractivity contribution in [3.05, 3.63) is 63.1 Å². The van der Waals surface area contributed by atoms with Crippen LogP contribution in [0.4, 0.5) is 0 Å². The topological polar surface area (TPSA) is 102 Å². The monoisotopic (exact) mass is 478 g/mol. The average Bonchev–Trinajstić information content (AvgIpc) is 2.67. The van der Waals surface area contributed by atoms with Crippen LogP contribution in [0, 0.1) is 0 Å². The van der Waals surface area contributed by atoms with Crippen molar-refractivity contribution in [3.63, 3.8) is 0 Å². The summed E-state index contributed by atoms with van der Waals surface area (Å²) in [5.74, 6) is -1.45. The van der Waals surface area contributed by atoms with Gasteiger partial charge in [0.2, 0.25) is 10.0 Å². The van der Waals surface area contributed by atoms with Gasteiger partial charge in [-0.25, -0.2) is 8.42 Å². The molecule has 156 valence electrons. The van der Waals surface area contributed by atoms with Crippen LogP contribution in [0.25, 0.3) is 0 Å². The first-order chi connectivity index (χ1) is 13.6. The number of hydrogen-bond donors (Lipinski definition) is 2. The zero-order chi connectivity index (χ0) is 21.6. The lowest BCUT2D eigenvalue weighted by atomic mass is 10.1. The van der Waals surface area contributed by atoms with Crippen LogP contribution in [0.2, 0.25) is 15.1 Å². The molecule has 1 amide bonds. The molecule has 0 radical (unpaired) electrons. The Morgan fingerprint density at radius 1 is 1.03 bits per heavy atom. The van der Waals surface area contributed by atoms with Gasteiger partial charge in [0.1, 0.15) is 6.54 Å². The van der Waals surface area contributed by atoms with Crippen LogP contribution in [0.15, 0.2) is 47.4 Å². The summed E-state index contributed by atoms with van der Waals surface area (Å²) in [6.07, 6.45) is 0. The summed E-state index contributed by atoms with van der Waals surface area (Å²) in [6.45, 7) is 0.558. The molecule has 0 aliphatic rings. The summed E-state index contributed by atoms with van der Waals surface area (Å²) in [5, 5.41) is 3.49. The highest BCUT2D eigenvalue weighted by molar-refractivity contribution is 7.89. The van der Waals surface area contributed by atoms with E-state index in [9.17, 15) is 18.0 Å². The van der Waals surface area contributed by atoms with E-state index in [0.717, 1.165) is 11.6 Å². The van der Waals surface area contributed by atoms with E-state index in [0.29, 0.717) is 5.02 Å². The van der Waals surface area contributed by atoms with Crippen LogP contribution in [0.3, 0.4) is 0 Å². The maximum absolute atomic E-state index is 12.2. The Bertz CT molecular complexity index is 997. The van der Waals surface area contributed by atoms with Crippen molar-refractivity contribution in [2.45, 2.75) is 17.9 Å². The molecule has 0 heterocycles. The first kappa shape index (κ1) is 23.4. The van der Waals surface area contributed by atoms with Crippen LogP contribution in [-0.2, 0) is 24.3 Å². The van der Waals surface area contributed by atoms with Crippen molar-refractivity contribution < 1.29 is 22.7 Å². The Labute approximate surface area is 183 Å². The third-order valence-corrected chi connectivity index (χ3v) is 6.11. The molecule has 0 aromatic heterocycles. The van der Waals surface area contributed by atoms with E-state index >= 15 is 0 Å². The number of carbonyl (C=O) groups is 2. The molecule has 0 aliphatic heterocycles. The Hall–Kier alpha value is -1.84. The number of sulfonamides is 1. The third kappa shape index (κ3) is 7.17. The summed E-state index contributed by atoms with van der Waals surface area (Å²) < 4.78 is 31.2. The summed E-state index contributed by atoms with van der Waals surface area (Å²) in [6, 6.07) is 10.3. The quantitative estimate of drug-likeness (QED) is 0.565. The van der Waals surface area contributed by atoms with E-state index in [2.05, 4.69) is 10.0 Å². The van der Waals surface area contributed by atoms with Gasteiger partial charge in [-0.15, -0.1) is 0 Å². The van der Waals surface area contributed by atoms with E-state index in [4.69, 9.17) is 39.5 Å². The van der Waals surface area contributed by atoms with E-state index in [-0.39, 0.29) is 21.0 Å². The maximum Gasteiger partial charge on any atom is 0.321 e. The summed E-state index contributed by atoms with van der Waals surface area (Å²) in [7, 11) is -4.00. The Kier molecular flexibility index (Phi) is 8.30. The first-order valence-electron chi connectivity index (χ1n) is 8.23. The Morgan fingerprint density at radius 2 is 1.69 bits per heavy atom. The molecule has 0 saturated heterocycles. The normalized spacial score (nSPS) is 12.3. The molecule has 0 aliphatic carbocycles. The highest BCUT2D eigenvalue weighted by Crippen LogP contribution is 2.24. The van der Waals surface area contributed by atoms with Gasteiger partial charge in [-0.3, -0.25) is 9.59 Å². The highest BCUT2D eigenvalue weighted by atomic mass is 35.5. The van der Waals surface area contributed by atoms with Gasteiger partial charge in [0.15, 0.2) is 6.61 Å². The molecule has 2 N–H and O–H groups in total. The van der Waals surface area contributed by atoms with E-state index in [1.807, 2.05) is 0 Å². The fourth-order valence-corrected chi connectivity index (χ4v) is 3.68. The van der Waals surface area contributed by atoms with E-state index < -0.39 is 35.1 Å². The maximum atomic E-state index is 12.2. The van der Waals surface area contributed by atoms with Crippen molar-refractivity contribution in [1.82, 2.24) is 10.0 Å². The number of halogens is 3. The standard InChI is InChI=1S/C18H17Cl3N2O5S/c1-11(12-2-4-13(19)5-3-12)23-17(24)10-28-18(25)9-22-29(26,27)14-6-7-15(20)16(21)8-14/h2-8,11,22H,9-10H2,1H3,(H,23,24). The van der Waals surface area contributed by atoms with Crippen molar-refractivity contribution in [3.8, 4) is 0 Å². The fourth-order valence-electron chi connectivity index (χ4n) is 2.20. The van der Waals surface area contributed by atoms with E-state index in [1.54, 1.807) is 31.2 Å². The van der Waals surface area contributed by atoms with Crippen LogP contribution < -0.4 is 10.0 Å². The number of amides is 1. The smallest absolute Gasteiger partial charge is 0.321 e. The molecule has 2 rings (SSSR count). The second-order valence-electron chi connectivity index (χ2n) is 5.90. The van der Waals surface area contributed by atoms with Crippen LogP contribution in [0.5, 0.6) is 0 Å². The fraction of sp³-hybridized carbons (Fsp3) is 0.222. The molecular formula is C18H17Cl3N2O5S. The van der Waals surface area contributed by atoms with Crippen molar-refractivity contribution in [2.24, 2.45) is 0 Å². The average molecular weight is 480 g/mol. The summed E-state index contributed by atoms with van der Waals surface area (Å²) in [5.41, 5.74) is 0.823. The third-order valence-electron chi connectivity index (χ3n) is 3.72. The predicted molar refractivity (Wildman–Crippen MR) is 111 cm³/mol. The number of benzene rings is 2. The molecule has 7 nitrogen and oxygen atoms in total. The lowest BCUT2D eigenvalue weighted by Crippen LogP contribution is -2.34. The molecular weight excluding hydrogens is 463 g/mol. The molecule has 0 fully saturated rings. The van der Waals surface area contributed by atoms with Gasteiger partial charge < -0.3 is 10.1 Å². The summed E-state index contributed by atoms with van der Waals surface area (Å²) >= 11 is 17.4. The van der Waals surface area contributed by atoms with Gasteiger partial charge in [0.25, 0.3) is 5.91 Å². The van der Waals surface area contributed by atoms with Crippen molar-refractivity contribution >= 4 is 56.7 Å². The number of esters is 1. The minimum Gasteiger partial charge on any atom is -0.455 e. The molecule has 11 heteroatoms.